The molecule has 84 valence electrons. The molecule has 2 rings (SSSR count). The van der Waals surface area contributed by atoms with Gasteiger partial charge in [0.25, 0.3) is 0 Å². The van der Waals surface area contributed by atoms with Crippen LogP contribution >= 0.6 is 11.9 Å². The number of benzene rings is 1. The summed E-state index contributed by atoms with van der Waals surface area (Å²) in [6.45, 7) is 3.87. The van der Waals surface area contributed by atoms with Crippen LogP contribution in [0.3, 0.4) is 0 Å². The molecule has 0 aliphatic carbocycles. The van der Waals surface area contributed by atoms with Gasteiger partial charge >= 0.3 is 5.24 Å². The van der Waals surface area contributed by atoms with Crippen molar-refractivity contribution in [2.75, 3.05) is 18.5 Å². The molecule has 0 unspecified atom stereocenters. The topological polar surface area (TPSA) is 32.8 Å². The van der Waals surface area contributed by atoms with Crippen LogP contribution in [0.15, 0.2) is 36.7 Å². The highest BCUT2D eigenvalue weighted by molar-refractivity contribution is 8.15. The van der Waals surface area contributed by atoms with Crippen LogP contribution in [0.4, 0.5) is 10.5 Å². The normalized spacial score (nSPS) is 15.9. The molecule has 0 spiro atoms. The van der Waals surface area contributed by atoms with E-state index in [9.17, 15) is 4.79 Å². The van der Waals surface area contributed by atoms with E-state index in [1.165, 1.54) is 4.90 Å². The molecule has 1 amide bonds. The first kappa shape index (κ1) is 10.9. The van der Waals surface area contributed by atoms with Gasteiger partial charge in [0, 0.05) is 13.1 Å². The SMILES string of the molecule is C=C1N(C)C(=O)SN1c1cccc(OC)c1. The third kappa shape index (κ3) is 1.74. The molecule has 16 heavy (non-hydrogen) atoms. The third-order valence-electron chi connectivity index (χ3n) is 2.35. The number of nitrogens with zero attached hydrogens (tertiary/aromatic N) is 2. The maximum Gasteiger partial charge on any atom is 0.308 e. The second-order valence-electron chi connectivity index (χ2n) is 3.33. The Hall–Kier alpha value is -1.62. The Morgan fingerprint density at radius 1 is 1.44 bits per heavy atom. The quantitative estimate of drug-likeness (QED) is 0.739. The van der Waals surface area contributed by atoms with Crippen molar-refractivity contribution >= 4 is 22.9 Å². The lowest BCUT2D eigenvalue weighted by atomic mass is 10.3. The van der Waals surface area contributed by atoms with Gasteiger partial charge in [-0.1, -0.05) is 12.6 Å². The second-order valence-corrected chi connectivity index (χ2v) is 4.23. The molecule has 1 aromatic rings. The van der Waals surface area contributed by atoms with Gasteiger partial charge in [-0.15, -0.1) is 0 Å². The minimum atomic E-state index is -0.0344. The number of rotatable bonds is 2. The van der Waals surface area contributed by atoms with E-state index >= 15 is 0 Å². The Bertz CT molecular complexity index is 447. The van der Waals surface area contributed by atoms with Crippen molar-refractivity contribution in [1.29, 1.82) is 0 Å². The highest BCUT2D eigenvalue weighted by atomic mass is 32.2. The van der Waals surface area contributed by atoms with Gasteiger partial charge in [-0.3, -0.25) is 14.0 Å². The van der Waals surface area contributed by atoms with E-state index in [1.54, 1.807) is 18.5 Å². The van der Waals surface area contributed by atoms with Crippen molar-refractivity contribution in [3.63, 3.8) is 0 Å². The van der Waals surface area contributed by atoms with Crippen molar-refractivity contribution < 1.29 is 9.53 Å². The van der Waals surface area contributed by atoms with Gasteiger partial charge in [0.1, 0.15) is 11.6 Å². The highest BCUT2D eigenvalue weighted by Gasteiger charge is 2.30. The van der Waals surface area contributed by atoms with Gasteiger partial charge in [-0.25, -0.2) is 0 Å². The molecular formula is C11H12N2O2S. The average Bonchev–Trinajstić information content (AvgIpc) is 2.57. The zero-order chi connectivity index (χ0) is 11.7. The summed E-state index contributed by atoms with van der Waals surface area (Å²) in [5.74, 6) is 1.41. The van der Waals surface area contributed by atoms with Crippen molar-refractivity contribution in [1.82, 2.24) is 4.90 Å². The summed E-state index contributed by atoms with van der Waals surface area (Å²) in [6.07, 6.45) is 0. The van der Waals surface area contributed by atoms with Crippen LogP contribution in [0.25, 0.3) is 0 Å². The van der Waals surface area contributed by atoms with E-state index in [0.717, 1.165) is 23.4 Å². The molecule has 0 bridgehead atoms. The number of hydrogen-bond acceptors (Lipinski definition) is 4. The molecular weight excluding hydrogens is 224 g/mol. The minimum Gasteiger partial charge on any atom is -0.497 e. The maximum atomic E-state index is 11.5. The number of anilines is 1. The van der Waals surface area contributed by atoms with Crippen LogP contribution < -0.4 is 9.04 Å². The summed E-state index contributed by atoms with van der Waals surface area (Å²) in [5, 5.41) is -0.0344. The van der Waals surface area contributed by atoms with E-state index < -0.39 is 0 Å². The molecule has 0 radical (unpaired) electrons. The van der Waals surface area contributed by atoms with E-state index in [1.807, 2.05) is 24.3 Å². The summed E-state index contributed by atoms with van der Waals surface area (Å²) >= 11 is 1.12. The van der Waals surface area contributed by atoms with Crippen molar-refractivity contribution in [3.8, 4) is 5.75 Å². The van der Waals surface area contributed by atoms with Crippen LogP contribution in [0.1, 0.15) is 0 Å². The molecule has 0 N–H and O–H groups in total. The lowest BCUT2D eigenvalue weighted by Crippen LogP contribution is -2.18. The first-order valence-electron chi connectivity index (χ1n) is 4.72. The zero-order valence-electron chi connectivity index (χ0n) is 9.14. The van der Waals surface area contributed by atoms with Gasteiger partial charge in [-0.05, 0) is 12.1 Å². The minimum absolute atomic E-state index is 0.0344. The number of carbonyl (C=O) groups is 1. The highest BCUT2D eigenvalue weighted by Crippen LogP contribution is 2.37. The smallest absolute Gasteiger partial charge is 0.308 e. The molecule has 1 saturated heterocycles. The van der Waals surface area contributed by atoms with Gasteiger partial charge in [0.05, 0.1) is 24.7 Å². The Kier molecular flexibility index (Phi) is 2.78. The molecule has 1 fully saturated rings. The molecule has 1 aromatic carbocycles. The summed E-state index contributed by atoms with van der Waals surface area (Å²) in [4.78, 5) is 13.0. The van der Waals surface area contributed by atoms with Gasteiger partial charge < -0.3 is 4.74 Å². The molecule has 1 aliphatic heterocycles. The standard InChI is InChI=1S/C11H12N2O2S/c1-8-12(2)11(14)16-13(8)9-5-4-6-10(7-9)15-3/h4-7H,1H2,2-3H3. The summed E-state index contributed by atoms with van der Waals surface area (Å²) in [5.41, 5.74) is 0.882. The number of carbonyl (C=O) groups excluding carboxylic acids is 1. The van der Waals surface area contributed by atoms with Gasteiger partial charge in [0.15, 0.2) is 0 Å². The number of hydrogen-bond donors (Lipinski definition) is 0. The Balaban J connectivity index is 2.31. The van der Waals surface area contributed by atoms with E-state index in [-0.39, 0.29) is 5.24 Å². The second kappa shape index (κ2) is 4.09. The number of amides is 1. The lowest BCUT2D eigenvalue weighted by molar-refractivity contribution is 0.245. The van der Waals surface area contributed by atoms with Gasteiger partial charge in [0.2, 0.25) is 0 Å². The van der Waals surface area contributed by atoms with Crippen molar-refractivity contribution in [2.45, 2.75) is 0 Å². The van der Waals surface area contributed by atoms with E-state index in [2.05, 4.69) is 6.58 Å². The average molecular weight is 236 g/mol. The predicted molar refractivity (Wildman–Crippen MR) is 65.4 cm³/mol. The Morgan fingerprint density at radius 3 is 2.75 bits per heavy atom. The van der Waals surface area contributed by atoms with Crippen LogP contribution in [-0.2, 0) is 0 Å². The predicted octanol–water partition coefficient (Wildman–Crippen LogP) is 2.69. The van der Waals surface area contributed by atoms with Crippen LogP contribution in [0, 0.1) is 0 Å². The van der Waals surface area contributed by atoms with Gasteiger partial charge in [-0.2, -0.15) is 0 Å². The third-order valence-corrected chi connectivity index (χ3v) is 3.39. The largest absolute Gasteiger partial charge is 0.497 e. The molecule has 1 heterocycles. The monoisotopic (exact) mass is 236 g/mol. The van der Waals surface area contributed by atoms with Crippen molar-refractivity contribution in [3.05, 3.63) is 36.7 Å². The summed E-state index contributed by atoms with van der Waals surface area (Å²) < 4.78 is 6.92. The molecule has 0 aromatic heterocycles. The summed E-state index contributed by atoms with van der Waals surface area (Å²) in [6, 6.07) is 7.51. The first-order chi connectivity index (χ1) is 7.63. The first-order valence-corrected chi connectivity index (χ1v) is 5.49. The molecule has 5 heteroatoms. The fourth-order valence-corrected chi connectivity index (χ4v) is 2.20. The zero-order valence-corrected chi connectivity index (χ0v) is 9.95. The Labute approximate surface area is 98.6 Å². The maximum absolute atomic E-state index is 11.5. The fourth-order valence-electron chi connectivity index (χ4n) is 1.37. The van der Waals surface area contributed by atoms with Crippen LogP contribution in [0.5, 0.6) is 5.75 Å². The number of methoxy groups -OCH3 is 1. The number of ether oxygens (including phenoxy) is 1. The van der Waals surface area contributed by atoms with Crippen LogP contribution in [0.2, 0.25) is 0 Å². The van der Waals surface area contributed by atoms with E-state index in [4.69, 9.17) is 4.74 Å². The summed E-state index contributed by atoms with van der Waals surface area (Å²) in [7, 11) is 3.32. The molecule has 0 saturated carbocycles. The van der Waals surface area contributed by atoms with E-state index in [0.29, 0.717) is 5.82 Å². The molecule has 4 nitrogen and oxygen atoms in total. The molecule has 0 atom stereocenters. The lowest BCUT2D eigenvalue weighted by Gasteiger charge is -2.17. The molecule has 1 aliphatic rings. The van der Waals surface area contributed by atoms with Crippen molar-refractivity contribution in [2.24, 2.45) is 0 Å². The van der Waals surface area contributed by atoms with Crippen LogP contribution in [-0.4, -0.2) is 24.3 Å². The fraction of sp³-hybridized carbons (Fsp3) is 0.182. The Morgan fingerprint density at radius 2 is 2.19 bits per heavy atom.